The molecule has 1 aromatic rings. The van der Waals surface area contributed by atoms with Crippen molar-refractivity contribution < 1.29 is 9.53 Å². The second kappa shape index (κ2) is 4.54. The molecule has 2 nitrogen and oxygen atoms in total. The number of Topliss-reactive ketones (excluding diaryl/α,β-unsaturated/α-hetero) is 1. The molecule has 0 saturated heterocycles. The molecule has 1 radical (unpaired) electrons. The molecule has 0 amide bonds. The van der Waals surface area contributed by atoms with Gasteiger partial charge in [-0.1, -0.05) is 25.1 Å². The summed E-state index contributed by atoms with van der Waals surface area (Å²) in [5.74, 6) is 0.728. The minimum Gasteiger partial charge on any atom is -0.485 e. The van der Waals surface area contributed by atoms with Gasteiger partial charge in [-0.15, -0.1) is 0 Å². The van der Waals surface area contributed by atoms with Crippen molar-refractivity contribution in [2.45, 2.75) is 13.3 Å². The van der Waals surface area contributed by atoms with E-state index in [4.69, 9.17) is 4.74 Å². The lowest BCUT2D eigenvalue weighted by Crippen LogP contribution is -2.09. The van der Waals surface area contributed by atoms with Crippen LogP contribution >= 0.6 is 0 Å². The van der Waals surface area contributed by atoms with Crippen LogP contribution in [0.5, 0.6) is 5.75 Å². The van der Waals surface area contributed by atoms with E-state index >= 15 is 0 Å². The normalized spacial score (nSPS) is 9.42. The minimum atomic E-state index is 0.104. The van der Waals surface area contributed by atoms with Crippen LogP contribution in [0.25, 0.3) is 0 Å². The summed E-state index contributed by atoms with van der Waals surface area (Å²) in [6.45, 7) is 1.97. The Morgan fingerprint density at radius 1 is 1.58 bits per heavy atom. The summed E-state index contributed by atoms with van der Waals surface area (Å²) >= 11 is 0. The number of carbonyl (C=O) groups is 1. The molecule has 1 rings (SSSR count). The highest BCUT2D eigenvalue weighted by molar-refractivity contribution is 5.79. The zero-order chi connectivity index (χ0) is 8.81. The molecule has 0 bridgehead atoms. The molecule has 0 aromatic heterocycles. The highest BCUT2D eigenvalue weighted by atomic mass is 16.5. The van der Waals surface area contributed by atoms with Gasteiger partial charge < -0.3 is 4.74 Å². The van der Waals surface area contributed by atoms with Crippen LogP contribution in [0.1, 0.15) is 13.3 Å². The van der Waals surface area contributed by atoms with Crippen molar-refractivity contribution in [2.75, 3.05) is 6.61 Å². The van der Waals surface area contributed by atoms with Gasteiger partial charge in [0.2, 0.25) is 0 Å². The first kappa shape index (κ1) is 8.78. The molecule has 0 aliphatic rings. The van der Waals surface area contributed by atoms with E-state index in [-0.39, 0.29) is 12.4 Å². The Labute approximate surface area is 72.2 Å². The number of benzene rings is 1. The molecule has 0 N–H and O–H groups in total. The minimum absolute atomic E-state index is 0.104. The van der Waals surface area contributed by atoms with Crippen LogP contribution in [-0.4, -0.2) is 12.4 Å². The number of carbonyl (C=O) groups excluding carboxylic acids is 1. The van der Waals surface area contributed by atoms with Gasteiger partial charge in [0.15, 0.2) is 5.78 Å². The van der Waals surface area contributed by atoms with Gasteiger partial charge in [-0.3, -0.25) is 4.79 Å². The number of ketones is 1. The summed E-state index contributed by atoms with van der Waals surface area (Å²) in [4.78, 5) is 10.8. The second-order valence-electron chi connectivity index (χ2n) is 2.41. The number of hydrogen-bond acceptors (Lipinski definition) is 2. The summed E-state index contributed by atoms with van der Waals surface area (Å²) in [5.41, 5.74) is 0. The van der Waals surface area contributed by atoms with Gasteiger partial charge in [-0.05, 0) is 6.07 Å². The number of rotatable bonds is 4. The van der Waals surface area contributed by atoms with Crippen LogP contribution in [0.15, 0.2) is 24.3 Å². The molecule has 0 aliphatic heterocycles. The molecule has 0 aliphatic carbocycles. The van der Waals surface area contributed by atoms with Crippen molar-refractivity contribution in [1.82, 2.24) is 0 Å². The zero-order valence-corrected chi connectivity index (χ0v) is 7.04. The van der Waals surface area contributed by atoms with Gasteiger partial charge in [-0.25, -0.2) is 0 Å². The van der Waals surface area contributed by atoms with E-state index in [9.17, 15) is 4.79 Å². The Morgan fingerprint density at radius 3 is 3.00 bits per heavy atom. The second-order valence-corrected chi connectivity index (χ2v) is 2.41. The van der Waals surface area contributed by atoms with Crippen molar-refractivity contribution in [2.24, 2.45) is 0 Å². The molecular weight excluding hydrogens is 152 g/mol. The van der Waals surface area contributed by atoms with Crippen LogP contribution in [0.3, 0.4) is 0 Å². The fourth-order valence-corrected chi connectivity index (χ4v) is 0.727. The summed E-state index contributed by atoms with van der Waals surface area (Å²) in [7, 11) is 0. The Hall–Kier alpha value is -1.31. The average Bonchev–Trinajstić information content (AvgIpc) is 2.16. The van der Waals surface area contributed by atoms with E-state index in [1.807, 2.05) is 19.1 Å². The van der Waals surface area contributed by atoms with E-state index in [1.54, 1.807) is 12.1 Å². The Kier molecular flexibility index (Phi) is 3.33. The smallest absolute Gasteiger partial charge is 0.169 e. The van der Waals surface area contributed by atoms with Gasteiger partial charge in [0.25, 0.3) is 0 Å². The zero-order valence-electron chi connectivity index (χ0n) is 7.04. The maximum Gasteiger partial charge on any atom is 0.169 e. The van der Waals surface area contributed by atoms with Crippen LogP contribution in [-0.2, 0) is 4.79 Å². The van der Waals surface area contributed by atoms with E-state index in [1.165, 1.54) is 0 Å². The molecule has 0 atom stereocenters. The van der Waals surface area contributed by atoms with Crippen molar-refractivity contribution in [3.63, 3.8) is 0 Å². The van der Waals surface area contributed by atoms with E-state index in [0.717, 1.165) is 0 Å². The van der Waals surface area contributed by atoms with Gasteiger partial charge in [0, 0.05) is 12.5 Å². The predicted molar refractivity (Wildman–Crippen MR) is 46.1 cm³/mol. The Bertz CT molecular complexity index is 241. The van der Waals surface area contributed by atoms with Crippen molar-refractivity contribution in [3.05, 3.63) is 30.3 Å². The van der Waals surface area contributed by atoms with Crippen LogP contribution in [0.4, 0.5) is 0 Å². The quantitative estimate of drug-likeness (QED) is 0.677. The van der Waals surface area contributed by atoms with Gasteiger partial charge in [0.05, 0.1) is 0 Å². The number of hydrogen-bond donors (Lipinski definition) is 0. The molecule has 0 spiro atoms. The topological polar surface area (TPSA) is 26.3 Å². The van der Waals surface area contributed by atoms with Crippen LogP contribution in [0.2, 0.25) is 0 Å². The van der Waals surface area contributed by atoms with Crippen molar-refractivity contribution >= 4 is 5.78 Å². The molecule has 0 unspecified atom stereocenters. The molecule has 2 heteroatoms. The first-order valence-corrected chi connectivity index (χ1v) is 3.94. The maximum absolute atomic E-state index is 10.8. The molecular formula is C10H11O2. The summed E-state index contributed by atoms with van der Waals surface area (Å²) < 4.78 is 5.15. The van der Waals surface area contributed by atoms with Crippen LogP contribution in [0, 0.1) is 6.07 Å². The summed E-state index contributed by atoms with van der Waals surface area (Å²) in [6.07, 6.45) is 0.521. The van der Waals surface area contributed by atoms with E-state index in [2.05, 4.69) is 6.07 Å². The first-order chi connectivity index (χ1) is 5.83. The molecule has 0 saturated carbocycles. The standard InChI is InChI=1S/C10H11O2/c1-2-9(11)8-12-10-6-4-3-5-7-10/h3-6H,2,8H2,1H3. The monoisotopic (exact) mass is 163 g/mol. The fraction of sp³-hybridized carbons (Fsp3) is 0.300. The Morgan fingerprint density at radius 2 is 2.42 bits per heavy atom. The largest absolute Gasteiger partial charge is 0.485 e. The SMILES string of the molecule is CCC(=O)COc1[c]cccc1. The first-order valence-electron chi connectivity index (χ1n) is 3.94. The molecule has 0 fully saturated rings. The highest BCUT2D eigenvalue weighted by Gasteiger charge is 1.98. The summed E-state index contributed by atoms with van der Waals surface area (Å²) in [5, 5.41) is 0. The van der Waals surface area contributed by atoms with Gasteiger partial charge in [-0.2, -0.15) is 0 Å². The lowest BCUT2D eigenvalue weighted by molar-refractivity contribution is -0.120. The van der Waals surface area contributed by atoms with Gasteiger partial charge in [0.1, 0.15) is 12.4 Å². The molecule has 1 aromatic carbocycles. The van der Waals surface area contributed by atoms with E-state index in [0.29, 0.717) is 12.2 Å². The number of para-hydroxylation sites is 1. The molecule has 0 heterocycles. The van der Waals surface area contributed by atoms with Crippen molar-refractivity contribution in [3.8, 4) is 5.75 Å². The van der Waals surface area contributed by atoms with Crippen LogP contribution < -0.4 is 4.74 Å². The molecule has 63 valence electrons. The number of ether oxygens (including phenoxy) is 1. The fourth-order valence-electron chi connectivity index (χ4n) is 0.727. The lowest BCUT2D eigenvalue weighted by Gasteiger charge is -2.02. The molecule has 12 heavy (non-hydrogen) atoms. The average molecular weight is 163 g/mol. The third-order valence-corrected chi connectivity index (χ3v) is 1.46. The van der Waals surface area contributed by atoms with E-state index < -0.39 is 0 Å². The van der Waals surface area contributed by atoms with Gasteiger partial charge >= 0.3 is 0 Å². The lowest BCUT2D eigenvalue weighted by atomic mass is 10.3. The maximum atomic E-state index is 10.8. The predicted octanol–water partition coefficient (Wildman–Crippen LogP) is 1.84. The third kappa shape index (κ3) is 2.74. The highest BCUT2D eigenvalue weighted by Crippen LogP contribution is 2.06. The third-order valence-electron chi connectivity index (χ3n) is 1.46. The Balaban J connectivity index is 2.38. The summed E-state index contributed by atoms with van der Waals surface area (Å²) in [6, 6.07) is 10.1. The van der Waals surface area contributed by atoms with Crippen molar-refractivity contribution in [1.29, 1.82) is 0 Å².